The van der Waals surface area contributed by atoms with Gasteiger partial charge in [0, 0.05) is 19.2 Å². The summed E-state index contributed by atoms with van der Waals surface area (Å²) in [6, 6.07) is 15.2. The number of benzene rings is 2. The van der Waals surface area contributed by atoms with Crippen molar-refractivity contribution in [2.75, 3.05) is 7.05 Å². The molecule has 0 aliphatic rings. The normalized spacial score (nSPS) is 10.7. The van der Waals surface area contributed by atoms with Crippen molar-refractivity contribution in [3.05, 3.63) is 80.5 Å². The summed E-state index contributed by atoms with van der Waals surface area (Å²) in [4.78, 5) is 14.5. The van der Waals surface area contributed by atoms with E-state index in [1.165, 1.54) is 0 Å². The molecular formula is C21H21Br2N3O2. The van der Waals surface area contributed by atoms with Crippen LogP contribution in [0.2, 0.25) is 0 Å². The molecule has 7 heteroatoms. The molecule has 1 aromatic heterocycles. The van der Waals surface area contributed by atoms with Crippen LogP contribution in [-0.4, -0.2) is 27.6 Å². The van der Waals surface area contributed by atoms with Gasteiger partial charge in [-0.3, -0.25) is 9.48 Å². The molecule has 0 radical (unpaired) electrons. The van der Waals surface area contributed by atoms with Gasteiger partial charge in [0.25, 0.3) is 5.91 Å². The third kappa shape index (κ3) is 4.83. The summed E-state index contributed by atoms with van der Waals surface area (Å²) in [6.45, 7) is 3.71. The van der Waals surface area contributed by atoms with Crippen LogP contribution in [0.25, 0.3) is 0 Å². The molecule has 0 atom stereocenters. The summed E-state index contributed by atoms with van der Waals surface area (Å²) in [7, 11) is 1.80. The van der Waals surface area contributed by atoms with Gasteiger partial charge in [-0.05, 0) is 68.6 Å². The maximum atomic E-state index is 12.8. The molecule has 146 valence electrons. The molecule has 28 heavy (non-hydrogen) atoms. The number of aryl methyl sites for hydroxylation is 1. The highest BCUT2D eigenvalue weighted by Gasteiger charge is 2.16. The summed E-state index contributed by atoms with van der Waals surface area (Å²) in [5.74, 6) is 0.759. The fourth-order valence-corrected chi connectivity index (χ4v) is 3.62. The molecule has 0 unspecified atom stereocenters. The molecule has 2 aromatic carbocycles. The van der Waals surface area contributed by atoms with E-state index < -0.39 is 0 Å². The Kier molecular flexibility index (Phi) is 6.91. The first-order chi connectivity index (χ1) is 13.5. The number of carbonyl (C=O) groups excluding carboxylic acids is 1. The van der Waals surface area contributed by atoms with Crippen molar-refractivity contribution in [3.8, 4) is 5.75 Å². The fraction of sp³-hybridized carbons (Fsp3) is 0.238. The highest BCUT2D eigenvalue weighted by Crippen LogP contribution is 2.25. The van der Waals surface area contributed by atoms with E-state index in [4.69, 9.17) is 4.74 Å². The summed E-state index contributed by atoms with van der Waals surface area (Å²) in [5, 5.41) is 4.30. The smallest absolute Gasteiger partial charge is 0.253 e. The van der Waals surface area contributed by atoms with E-state index in [1.54, 1.807) is 18.1 Å². The topological polar surface area (TPSA) is 47.4 Å². The fourth-order valence-electron chi connectivity index (χ4n) is 2.80. The van der Waals surface area contributed by atoms with Crippen LogP contribution in [0.3, 0.4) is 0 Å². The number of aromatic nitrogens is 2. The number of halogens is 2. The molecule has 1 heterocycles. The Morgan fingerprint density at radius 1 is 1.11 bits per heavy atom. The molecule has 3 rings (SSSR count). The average Bonchev–Trinajstić information content (AvgIpc) is 3.06. The van der Waals surface area contributed by atoms with Crippen LogP contribution in [0.4, 0.5) is 0 Å². The number of amides is 1. The molecule has 0 aliphatic carbocycles. The SMILES string of the molecule is CCn1ncc(Br)c1CN(C)C(=O)c1ccc(COc2ccccc2Br)cc1. The first-order valence-corrected chi connectivity index (χ1v) is 10.5. The van der Waals surface area contributed by atoms with Crippen molar-refractivity contribution >= 4 is 37.8 Å². The van der Waals surface area contributed by atoms with Gasteiger partial charge in [0.1, 0.15) is 12.4 Å². The van der Waals surface area contributed by atoms with Gasteiger partial charge in [0.05, 0.1) is 27.4 Å². The van der Waals surface area contributed by atoms with Crippen molar-refractivity contribution < 1.29 is 9.53 Å². The second-order valence-corrected chi connectivity index (χ2v) is 8.04. The summed E-state index contributed by atoms with van der Waals surface area (Å²) < 4.78 is 9.54. The van der Waals surface area contributed by atoms with Gasteiger partial charge >= 0.3 is 0 Å². The second-order valence-electron chi connectivity index (χ2n) is 6.33. The Hall–Kier alpha value is -2.12. The standard InChI is InChI=1S/C21H21Br2N3O2/c1-3-26-19(18(23)12-24-26)13-25(2)21(27)16-10-8-15(9-11-16)14-28-20-7-5-4-6-17(20)22/h4-12H,3,13-14H2,1-2H3. The Labute approximate surface area is 181 Å². The Bertz CT molecular complexity index is 955. The van der Waals surface area contributed by atoms with Gasteiger partial charge in [-0.1, -0.05) is 24.3 Å². The molecule has 0 fully saturated rings. The molecule has 0 saturated heterocycles. The number of nitrogens with zero attached hydrogens (tertiary/aromatic N) is 3. The van der Waals surface area contributed by atoms with Crippen LogP contribution in [0.5, 0.6) is 5.75 Å². The first kappa shape index (κ1) is 20.6. The average molecular weight is 507 g/mol. The first-order valence-electron chi connectivity index (χ1n) is 8.91. The van der Waals surface area contributed by atoms with Gasteiger partial charge < -0.3 is 9.64 Å². The van der Waals surface area contributed by atoms with Crippen LogP contribution in [0.15, 0.2) is 63.7 Å². The van der Waals surface area contributed by atoms with E-state index in [2.05, 4.69) is 37.0 Å². The van der Waals surface area contributed by atoms with E-state index >= 15 is 0 Å². The van der Waals surface area contributed by atoms with Crippen LogP contribution in [0, 0.1) is 0 Å². The van der Waals surface area contributed by atoms with E-state index in [0.29, 0.717) is 18.7 Å². The predicted octanol–water partition coefficient (Wildman–Crippen LogP) is 5.28. The lowest BCUT2D eigenvalue weighted by Crippen LogP contribution is -2.27. The van der Waals surface area contributed by atoms with Crippen molar-refractivity contribution in [2.45, 2.75) is 26.6 Å². The van der Waals surface area contributed by atoms with Crippen molar-refractivity contribution in [1.29, 1.82) is 0 Å². The number of carbonyl (C=O) groups is 1. The third-order valence-electron chi connectivity index (χ3n) is 4.36. The van der Waals surface area contributed by atoms with Gasteiger partial charge in [0.2, 0.25) is 0 Å². The Balaban J connectivity index is 1.63. The Morgan fingerprint density at radius 3 is 2.50 bits per heavy atom. The minimum absolute atomic E-state index is 0.0333. The molecule has 5 nitrogen and oxygen atoms in total. The van der Waals surface area contributed by atoms with Crippen molar-refractivity contribution in [3.63, 3.8) is 0 Å². The van der Waals surface area contributed by atoms with Crippen LogP contribution in [0.1, 0.15) is 28.5 Å². The molecule has 0 spiro atoms. The summed E-state index contributed by atoms with van der Waals surface area (Å²) in [5.41, 5.74) is 2.63. The zero-order valence-corrected chi connectivity index (χ0v) is 18.9. The lowest BCUT2D eigenvalue weighted by Gasteiger charge is -2.18. The number of para-hydroxylation sites is 1. The number of ether oxygens (including phenoxy) is 1. The third-order valence-corrected chi connectivity index (χ3v) is 5.68. The Morgan fingerprint density at radius 2 is 1.82 bits per heavy atom. The minimum Gasteiger partial charge on any atom is -0.488 e. The van der Waals surface area contributed by atoms with Gasteiger partial charge in [-0.25, -0.2) is 0 Å². The maximum Gasteiger partial charge on any atom is 0.253 e. The van der Waals surface area contributed by atoms with E-state index in [9.17, 15) is 4.79 Å². The molecule has 3 aromatic rings. The molecule has 1 amide bonds. The molecular weight excluding hydrogens is 486 g/mol. The highest BCUT2D eigenvalue weighted by atomic mass is 79.9. The summed E-state index contributed by atoms with van der Waals surface area (Å²) in [6.07, 6.45) is 1.76. The molecule has 0 saturated carbocycles. The molecule has 0 N–H and O–H groups in total. The number of rotatable bonds is 7. The van der Waals surface area contributed by atoms with Crippen LogP contribution in [-0.2, 0) is 19.7 Å². The van der Waals surface area contributed by atoms with Gasteiger partial charge in [-0.2, -0.15) is 5.10 Å². The van der Waals surface area contributed by atoms with Crippen molar-refractivity contribution in [1.82, 2.24) is 14.7 Å². The predicted molar refractivity (Wildman–Crippen MR) is 116 cm³/mol. The summed E-state index contributed by atoms with van der Waals surface area (Å²) >= 11 is 6.98. The lowest BCUT2D eigenvalue weighted by atomic mass is 10.1. The van der Waals surface area contributed by atoms with Crippen LogP contribution >= 0.6 is 31.9 Å². The van der Waals surface area contributed by atoms with Crippen LogP contribution < -0.4 is 4.74 Å². The lowest BCUT2D eigenvalue weighted by molar-refractivity contribution is 0.0781. The number of hydrogen-bond donors (Lipinski definition) is 0. The second kappa shape index (κ2) is 9.39. The quantitative estimate of drug-likeness (QED) is 0.438. The largest absolute Gasteiger partial charge is 0.488 e. The van der Waals surface area contributed by atoms with E-state index in [1.807, 2.05) is 60.1 Å². The van der Waals surface area contributed by atoms with Gasteiger partial charge in [0.15, 0.2) is 0 Å². The van der Waals surface area contributed by atoms with E-state index in [-0.39, 0.29) is 5.91 Å². The maximum absolute atomic E-state index is 12.8. The zero-order chi connectivity index (χ0) is 20.1. The van der Waals surface area contributed by atoms with Gasteiger partial charge in [-0.15, -0.1) is 0 Å². The molecule has 0 bridgehead atoms. The van der Waals surface area contributed by atoms with E-state index in [0.717, 1.165) is 32.5 Å². The monoisotopic (exact) mass is 505 g/mol. The number of hydrogen-bond acceptors (Lipinski definition) is 3. The van der Waals surface area contributed by atoms with Crippen molar-refractivity contribution in [2.24, 2.45) is 0 Å². The zero-order valence-electron chi connectivity index (χ0n) is 15.7. The minimum atomic E-state index is -0.0333. The molecule has 0 aliphatic heterocycles. The highest BCUT2D eigenvalue weighted by molar-refractivity contribution is 9.10.